The fourth-order valence-corrected chi connectivity index (χ4v) is 3.15. The minimum Gasteiger partial charge on any atom is -0.306 e. The van der Waals surface area contributed by atoms with Gasteiger partial charge in [-0.25, -0.2) is 0 Å². The molecule has 0 saturated heterocycles. The molecule has 6 heteroatoms. The number of para-hydroxylation sites is 1. The summed E-state index contributed by atoms with van der Waals surface area (Å²) < 4.78 is 0. The lowest BCUT2D eigenvalue weighted by Gasteiger charge is -2.22. The van der Waals surface area contributed by atoms with Gasteiger partial charge in [0.25, 0.3) is 5.91 Å². The number of carbonyl (C=O) groups excluding carboxylic acids is 1. The zero-order valence-electron chi connectivity index (χ0n) is 16.1. The molecule has 0 saturated carbocycles. The predicted molar refractivity (Wildman–Crippen MR) is 112 cm³/mol. The molecule has 4 rings (SSSR count). The topological polar surface area (TPSA) is 63.9 Å². The highest BCUT2D eigenvalue weighted by Gasteiger charge is 2.18. The summed E-state index contributed by atoms with van der Waals surface area (Å²) in [7, 11) is 0. The van der Waals surface area contributed by atoms with E-state index < -0.39 is 0 Å². The van der Waals surface area contributed by atoms with Gasteiger partial charge in [0.1, 0.15) is 6.54 Å². The van der Waals surface area contributed by atoms with Gasteiger partial charge in [-0.05, 0) is 35.4 Å². The van der Waals surface area contributed by atoms with Crippen LogP contribution in [0.25, 0.3) is 11.4 Å². The van der Waals surface area contributed by atoms with Crippen molar-refractivity contribution in [3.63, 3.8) is 0 Å². The maximum absolute atomic E-state index is 13.1. The second-order valence-electron chi connectivity index (χ2n) is 6.76. The molecule has 0 spiro atoms. The highest BCUT2D eigenvalue weighted by atomic mass is 16.2. The van der Waals surface area contributed by atoms with Crippen LogP contribution in [0.3, 0.4) is 0 Å². The fraction of sp³-hybridized carbons (Fsp3) is 0.130. The molecule has 0 atom stereocenters. The summed E-state index contributed by atoms with van der Waals surface area (Å²) in [4.78, 5) is 16.2. The van der Waals surface area contributed by atoms with Gasteiger partial charge in [-0.15, -0.1) is 10.2 Å². The van der Waals surface area contributed by atoms with E-state index in [1.165, 1.54) is 4.80 Å². The number of aryl methyl sites for hydroxylation is 1. The number of anilines is 1. The first kappa shape index (κ1) is 18.6. The van der Waals surface area contributed by atoms with E-state index in [0.29, 0.717) is 12.4 Å². The summed E-state index contributed by atoms with van der Waals surface area (Å²) in [5.74, 6) is 0.416. The quantitative estimate of drug-likeness (QED) is 0.507. The van der Waals surface area contributed by atoms with Gasteiger partial charge in [0, 0.05) is 11.3 Å². The summed E-state index contributed by atoms with van der Waals surface area (Å²) in [5.41, 5.74) is 3.86. The molecule has 0 aliphatic rings. The van der Waals surface area contributed by atoms with Crippen molar-refractivity contribution in [3.05, 3.63) is 96.1 Å². The van der Waals surface area contributed by atoms with Crippen molar-refractivity contribution in [1.29, 1.82) is 0 Å². The van der Waals surface area contributed by atoms with Crippen LogP contribution in [0.4, 0.5) is 5.69 Å². The largest absolute Gasteiger partial charge is 0.306 e. The first-order valence-electron chi connectivity index (χ1n) is 9.44. The van der Waals surface area contributed by atoms with Gasteiger partial charge in [0.05, 0.1) is 6.54 Å². The van der Waals surface area contributed by atoms with Gasteiger partial charge in [0.2, 0.25) is 5.82 Å². The van der Waals surface area contributed by atoms with Gasteiger partial charge in [-0.2, -0.15) is 4.80 Å². The Bertz CT molecular complexity index is 1090. The molecule has 0 aliphatic heterocycles. The number of tetrazole rings is 1. The molecule has 144 valence electrons. The van der Waals surface area contributed by atoms with Gasteiger partial charge in [-0.3, -0.25) is 4.79 Å². The summed E-state index contributed by atoms with van der Waals surface area (Å²) in [6, 6.07) is 27.4. The Morgan fingerprint density at radius 1 is 0.897 bits per heavy atom. The molecule has 6 nitrogen and oxygen atoms in total. The highest BCUT2D eigenvalue weighted by Crippen LogP contribution is 2.19. The third kappa shape index (κ3) is 4.38. The van der Waals surface area contributed by atoms with Gasteiger partial charge < -0.3 is 4.90 Å². The first-order valence-corrected chi connectivity index (χ1v) is 9.44. The smallest absolute Gasteiger partial charge is 0.250 e. The Kier molecular flexibility index (Phi) is 5.42. The second kappa shape index (κ2) is 8.48. The van der Waals surface area contributed by atoms with E-state index >= 15 is 0 Å². The van der Waals surface area contributed by atoms with Crippen LogP contribution in [0.2, 0.25) is 0 Å². The van der Waals surface area contributed by atoms with Crippen molar-refractivity contribution in [3.8, 4) is 11.4 Å². The van der Waals surface area contributed by atoms with E-state index in [1.807, 2.05) is 91.9 Å². The summed E-state index contributed by atoms with van der Waals surface area (Å²) in [5, 5.41) is 12.6. The molecule has 3 aromatic carbocycles. The molecule has 0 fully saturated rings. The Hall–Kier alpha value is -3.80. The van der Waals surface area contributed by atoms with Crippen LogP contribution in [0.5, 0.6) is 0 Å². The molecule has 1 amide bonds. The van der Waals surface area contributed by atoms with Crippen LogP contribution >= 0.6 is 0 Å². The zero-order valence-corrected chi connectivity index (χ0v) is 16.1. The zero-order chi connectivity index (χ0) is 20.1. The lowest BCUT2D eigenvalue weighted by molar-refractivity contribution is -0.119. The summed E-state index contributed by atoms with van der Waals surface area (Å²) in [6.07, 6.45) is 0. The average molecular weight is 383 g/mol. The van der Waals surface area contributed by atoms with E-state index in [0.717, 1.165) is 22.4 Å². The number of benzene rings is 3. The van der Waals surface area contributed by atoms with Gasteiger partial charge in [0.15, 0.2) is 0 Å². The Balaban J connectivity index is 1.56. The first-order chi connectivity index (χ1) is 14.2. The molecule has 4 aromatic rings. The monoisotopic (exact) mass is 383 g/mol. The summed E-state index contributed by atoms with van der Waals surface area (Å²) >= 11 is 0. The molecule has 1 aromatic heterocycles. The Labute approximate surface area is 169 Å². The number of nitrogens with zero attached hydrogens (tertiary/aromatic N) is 5. The molecular weight excluding hydrogens is 362 g/mol. The van der Waals surface area contributed by atoms with E-state index in [-0.39, 0.29) is 12.5 Å². The molecule has 0 unspecified atom stereocenters. The van der Waals surface area contributed by atoms with Crippen molar-refractivity contribution < 1.29 is 4.79 Å². The average Bonchev–Trinajstić information content (AvgIpc) is 3.22. The summed E-state index contributed by atoms with van der Waals surface area (Å²) in [6.45, 7) is 2.49. The lowest BCUT2D eigenvalue weighted by Crippen LogP contribution is -2.34. The lowest BCUT2D eigenvalue weighted by atomic mass is 10.1. The Morgan fingerprint density at radius 3 is 2.28 bits per heavy atom. The van der Waals surface area contributed by atoms with E-state index in [2.05, 4.69) is 15.4 Å². The number of carbonyl (C=O) groups is 1. The number of hydrogen-bond donors (Lipinski definition) is 0. The number of hydrogen-bond acceptors (Lipinski definition) is 4. The van der Waals surface area contributed by atoms with E-state index in [4.69, 9.17) is 0 Å². The molecule has 0 N–H and O–H groups in total. The van der Waals surface area contributed by atoms with Crippen LogP contribution in [0.1, 0.15) is 11.1 Å². The van der Waals surface area contributed by atoms with Crippen LogP contribution in [-0.2, 0) is 17.9 Å². The van der Waals surface area contributed by atoms with Crippen LogP contribution in [-0.4, -0.2) is 26.1 Å². The SMILES string of the molecule is Cc1ccccc1-c1nnn(CC(=O)N(Cc2ccccc2)c2ccccc2)n1. The molecule has 1 heterocycles. The van der Waals surface area contributed by atoms with Crippen molar-refractivity contribution in [2.24, 2.45) is 0 Å². The normalized spacial score (nSPS) is 10.7. The molecule has 0 aliphatic carbocycles. The van der Waals surface area contributed by atoms with Crippen LogP contribution in [0, 0.1) is 6.92 Å². The van der Waals surface area contributed by atoms with Crippen molar-refractivity contribution in [2.45, 2.75) is 20.0 Å². The van der Waals surface area contributed by atoms with Gasteiger partial charge >= 0.3 is 0 Å². The van der Waals surface area contributed by atoms with Crippen molar-refractivity contribution in [2.75, 3.05) is 4.90 Å². The minimum absolute atomic E-state index is 0.0145. The predicted octanol–water partition coefficient (Wildman–Crippen LogP) is 3.88. The molecular formula is C23H21N5O. The number of amides is 1. The molecule has 0 radical (unpaired) electrons. The van der Waals surface area contributed by atoms with Crippen molar-refractivity contribution >= 4 is 11.6 Å². The van der Waals surface area contributed by atoms with Crippen LogP contribution in [0.15, 0.2) is 84.9 Å². The third-order valence-corrected chi connectivity index (χ3v) is 4.67. The molecule has 0 bridgehead atoms. The highest BCUT2D eigenvalue weighted by molar-refractivity contribution is 5.93. The Morgan fingerprint density at radius 2 is 1.55 bits per heavy atom. The van der Waals surface area contributed by atoms with E-state index in [9.17, 15) is 4.79 Å². The van der Waals surface area contributed by atoms with Crippen LogP contribution < -0.4 is 4.90 Å². The number of rotatable bonds is 6. The third-order valence-electron chi connectivity index (χ3n) is 4.67. The van der Waals surface area contributed by atoms with E-state index in [1.54, 1.807) is 4.90 Å². The van der Waals surface area contributed by atoms with Crippen molar-refractivity contribution in [1.82, 2.24) is 20.2 Å². The van der Waals surface area contributed by atoms with Gasteiger partial charge in [-0.1, -0.05) is 72.8 Å². The standard InChI is InChI=1S/C23H21N5O/c1-18-10-8-9-15-21(18)23-24-26-28(25-23)17-22(29)27(20-13-6-3-7-14-20)16-19-11-4-2-5-12-19/h2-15H,16-17H2,1H3. The fourth-order valence-electron chi connectivity index (χ4n) is 3.15. The number of aromatic nitrogens is 4. The minimum atomic E-state index is -0.103. The maximum Gasteiger partial charge on any atom is 0.250 e. The second-order valence-corrected chi connectivity index (χ2v) is 6.76. The maximum atomic E-state index is 13.1. The molecule has 29 heavy (non-hydrogen) atoms.